The van der Waals surface area contributed by atoms with Gasteiger partial charge in [0.05, 0.1) is 22.4 Å². The summed E-state index contributed by atoms with van der Waals surface area (Å²) in [6.07, 6.45) is 1.23. The van der Waals surface area contributed by atoms with Crippen LogP contribution in [0.3, 0.4) is 0 Å². The third kappa shape index (κ3) is 4.81. The quantitative estimate of drug-likeness (QED) is 0.309. The number of nitrogens with zero attached hydrogens (tertiary/aromatic N) is 3. The van der Waals surface area contributed by atoms with Gasteiger partial charge < -0.3 is 4.74 Å². The molecule has 0 spiro atoms. The van der Waals surface area contributed by atoms with Crippen LogP contribution in [0.1, 0.15) is 11.3 Å². The topological polar surface area (TPSA) is 132 Å². The van der Waals surface area contributed by atoms with Crippen molar-refractivity contribution >= 4 is 33.7 Å². The van der Waals surface area contributed by atoms with Gasteiger partial charge in [0.25, 0.3) is 11.5 Å². The molecule has 10 nitrogen and oxygen atoms in total. The molecule has 0 unspecified atom stereocenters. The average Bonchev–Trinajstić information content (AvgIpc) is 3.01. The first-order chi connectivity index (χ1) is 14.4. The van der Waals surface area contributed by atoms with Crippen LogP contribution in [0.15, 0.2) is 62.9 Å². The number of carbonyl (C=O) groups excluding carboxylic acids is 1. The van der Waals surface area contributed by atoms with Crippen molar-refractivity contribution in [1.29, 1.82) is 0 Å². The highest BCUT2D eigenvalue weighted by atomic mass is 79.9. The van der Waals surface area contributed by atoms with Crippen LogP contribution in [0, 0.1) is 17.0 Å². The molecule has 0 aliphatic rings. The Balaban J connectivity index is 1.64. The van der Waals surface area contributed by atoms with E-state index in [0.29, 0.717) is 15.9 Å². The summed E-state index contributed by atoms with van der Waals surface area (Å²) in [7, 11) is 0. The molecule has 0 aliphatic carbocycles. The van der Waals surface area contributed by atoms with Gasteiger partial charge in [0.15, 0.2) is 12.4 Å². The van der Waals surface area contributed by atoms with E-state index in [-0.39, 0.29) is 22.6 Å². The van der Waals surface area contributed by atoms with Crippen LogP contribution in [0.2, 0.25) is 0 Å². The lowest BCUT2D eigenvalue weighted by atomic mass is 10.3. The molecule has 1 aromatic heterocycles. The fraction of sp³-hybridized carbons (Fsp3) is 0.105. The molecule has 0 bridgehead atoms. The van der Waals surface area contributed by atoms with E-state index in [4.69, 9.17) is 4.74 Å². The average molecular weight is 474 g/mol. The number of H-pyrrole nitrogens is 1. The van der Waals surface area contributed by atoms with E-state index in [9.17, 15) is 19.7 Å². The summed E-state index contributed by atoms with van der Waals surface area (Å²) in [5.74, 6) is -0.686. The van der Waals surface area contributed by atoms with Crippen LogP contribution in [0.4, 0.5) is 5.69 Å². The number of amides is 1. The lowest BCUT2D eigenvalue weighted by molar-refractivity contribution is -0.385. The van der Waals surface area contributed by atoms with Gasteiger partial charge in [-0.15, -0.1) is 0 Å². The number of aryl methyl sites for hydroxylation is 1. The van der Waals surface area contributed by atoms with Crippen LogP contribution in [-0.2, 0) is 4.79 Å². The first-order valence-corrected chi connectivity index (χ1v) is 9.42. The summed E-state index contributed by atoms with van der Waals surface area (Å²) in [5, 5.41) is 17.8. The van der Waals surface area contributed by atoms with Crippen molar-refractivity contribution in [2.75, 3.05) is 6.61 Å². The molecule has 0 saturated heterocycles. The Kier molecular flexibility index (Phi) is 6.42. The van der Waals surface area contributed by atoms with Gasteiger partial charge >= 0.3 is 5.69 Å². The summed E-state index contributed by atoms with van der Waals surface area (Å²) in [5.41, 5.74) is 3.15. The maximum atomic E-state index is 12.5. The predicted molar refractivity (Wildman–Crippen MR) is 113 cm³/mol. The molecule has 0 saturated carbocycles. The molecule has 0 atom stereocenters. The number of nitrogens with one attached hydrogen (secondary N) is 2. The number of ether oxygens (including phenoxy) is 1. The molecular weight excluding hydrogens is 458 g/mol. The first-order valence-electron chi connectivity index (χ1n) is 8.62. The van der Waals surface area contributed by atoms with Crippen LogP contribution in [0.5, 0.6) is 5.75 Å². The molecule has 2 N–H and O–H groups in total. The van der Waals surface area contributed by atoms with Gasteiger partial charge in [0.1, 0.15) is 0 Å². The number of hydrazone groups is 1. The Morgan fingerprint density at radius 1 is 1.33 bits per heavy atom. The van der Waals surface area contributed by atoms with Crippen LogP contribution in [-0.4, -0.2) is 33.4 Å². The molecule has 154 valence electrons. The maximum absolute atomic E-state index is 12.5. The van der Waals surface area contributed by atoms with E-state index in [0.717, 1.165) is 0 Å². The zero-order valence-electron chi connectivity index (χ0n) is 15.7. The third-order valence-corrected chi connectivity index (χ3v) is 4.48. The Morgan fingerprint density at radius 3 is 2.77 bits per heavy atom. The van der Waals surface area contributed by atoms with Crippen LogP contribution < -0.4 is 15.7 Å². The summed E-state index contributed by atoms with van der Waals surface area (Å²) in [6.45, 7) is 1.22. The van der Waals surface area contributed by atoms with Crippen molar-refractivity contribution in [3.05, 3.63) is 84.7 Å². The van der Waals surface area contributed by atoms with E-state index in [1.54, 1.807) is 25.1 Å². The highest BCUT2D eigenvalue weighted by Gasteiger charge is 2.16. The molecule has 0 radical (unpaired) electrons. The van der Waals surface area contributed by atoms with E-state index >= 15 is 0 Å². The molecule has 1 amide bonds. The van der Waals surface area contributed by atoms with Gasteiger partial charge in [-0.2, -0.15) is 5.10 Å². The van der Waals surface area contributed by atoms with Gasteiger partial charge in [-0.1, -0.05) is 34.1 Å². The van der Waals surface area contributed by atoms with Crippen molar-refractivity contribution in [1.82, 2.24) is 15.2 Å². The zero-order chi connectivity index (χ0) is 21.7. The minimum Gasteiger partial charge on any atom is -0.477 e. The van der Waals surface area contributed by atoms with E-state index < -0.39 is 17.4 Å². The second kappa shape index (κ2) is 9.18. The summed E-state index contributed by atoms with van der Waals surface area (Å²) in [4.78, 5) is 34.9. The zero-order valence-corrected chi connectivity index (χ0v) is 17.3. The number of rotatable bonds is 7. The molecule has 11 heteroatoms. The van der Waals surface area contributed by atoms with Crippen LogP contribution >= 0.6 is 15.9 Å². The van der Waals surface area contributed by atoms with E-state index in [1.807, 2.05) is 18.2 Å². The molecule has 3 rings (SSSR count). The van der Waals surface area contributed by atoms with Crippen molar-refractivity contribution in [3.8, 4) is 11.4 Å². The number of nitro groups is 1. The summed E-state index contributed by atoms with van der Waals surface area (Å²) >= 11 is 3.14. The van der Waals surface area contributed by atoms with Gasteiger partial charge in [-0.3, -0.25) is 24.8 Å². The molecule has 0 fully saturated rings. The van der Waals surface area contributed by atoms with Gasteiger partial charge in [-0.05, 0) is 31.2 Å². The van der Waals surface area contributed by atoms with Gasteiger partial charge in [0.2, 0.25) is 0 Å². The number of carbonyl (C=O) groups is 1. The largest absolute Gasteiger partial charge is 0.477 e. The predicted octanol–water partition coefficient (Wildman–Crippen LogP) is 2.67. The normalized spacial score (nSPS) is 10.9. The van der Waals surface area contributed by atoms with Crippen LogP contribution in [0.25, 0.3) is 5.69 Å². The Bertz CT molecular complexity index is 1170. The summed E-state index contributed by atoms with van der Waals surface area (Å²) in [6, 6.07) is 13.2. The monoisotopic (exact) mass is 473 g/mol. The standard InChI is InChI=1S/C19H16BrN5O5/c1-12-15(19(27)24(23-12)14-5-3-2-4-6-14)10-21-22-18(26)11-30-17-8-7-13(20)9-16(17)25(28)29/h2-10,23H,11H2,1H3,(H,22,26)/b21-10+. The lowest BCUT2D eigenvalue weighted by Gasteiger charge is -2.05. The number of hydrogen-bond acceptors (Lipinski definition) is 6. The van der Waals surface area contributed by atoms with Gasteiger partial charge in [-0.25, -0.2) is 10.1 Å². The minimum absolute atomic E-state index is 0.0467. The first kappa shape index (κ1) is 21.0. The number of para-hydroxylation sites is 1. The van der Waals surface area contributed by atoms with E-state index in [1.165, 1.54) is 23.0 Å². The van der Waals surface area contributed by atoms with Crippen molar-refractivity contribution in [2.45, 2.75) is 6.92 Å². The second-order valence-electron chi connectivity index (χ2n) is 6.08. The highest BCUT2D eigenvalue weighted by Crippen LogP contribution is 2.29. The Morgan fingerprint density at radius 2 is 2.07 bits per heavy atom. The second-order valence-corrected chi connectivity index (χ2v) is 6.99. The number of hydrogen-bond donors (Lipinski definition) is 2. The molecule has 30 heavy (non-hydrogen) atoms. The fourth-order valence-electron chi connectivity index (χ4n) is 2.57. The number of halogens is 1. The van der Waals surface area contributed by atoms with Crippen molar-refractivity contribution in [3.63, 3.8) is 0 Å². The number of benzene rings is 2. The molecule has 3 aromatic rings. The Hall–Kier alpha value is -3.73. The Labute approximate surface area is 178 Å². The lowest BCUT2D eigenvalue weighted by Crippen LogP contribution is -2.25. The minimum atomic E-state index is -0.639. The maximum Gasteiger partial charge on any atom is 0.312 e. The van der Waals surface area contributed by atoms with E-state index in [2.05, 4.69) is 31.6 Å². The molecule has 1 heterocycles. The highest BCUT2D eigenvalue weighted by molar-refractivity contribution is 9.10. The number of aromatic nitrogens is 2. The third-order valence-electron chi connectivity index (χ3n) is 3.99. The SMILES string of the molecule is Cc1[nH]n(-c2ccccc2)c(=O)c1/C=N/NC(=O)COc1ccc(Br)cc1[N+](=O)[O-]. The fourth-order valence-corrected chi connectivity index (χ4v) is 2.92. The molecule has 2 aromatic carbocycles. The molecular formula is C19H16BrN5O5. The molecule has 0 aliphatic heterocycles. The smallest absolute Gasteiger partial charge is 0.312 e. The summed E-state index contributed by atoms with van der Waals surface area (Å²) < 4.78 is 7.09. The number of aromatic amines is 1. The number of nitro benzene ring substituents is 1. The van der Waals surface area contributed by atoms with Gasteiger partial charge in [0, 0.05) is 16.2 Å². The van der Waals surface area contributed by atoms with Crippen molar-refractivity contribution < 1.29 is 14.5 Å². The van der Waals surface area contributed by atoms with Crippen molar-refractivity contribution in [2.24, 2.45) is 5.10 Å².